The molecule has 2 heteroatoms. The molecule has 1 rings (SSSR count). The molecule has 0 radical (unpaired) electrons. The van der Waals surface area contributed by atoms with Crippen LogP contribution in [-0.4, -0.2) is 6.54 Å². The van der Waals surface area contributed by atoms with E-state index in [1.54, 1.807) is 0 Å². The van der Waals surface area contributed by atoms with E-state index in [1.165, 1.54) is 22.3 Å². The topological polar surface area (TPSA) is 35.8 Å². The minimum absolute atomic E-state index is 0.0936. The zero-order valence-corrected chi connectivity index (χ0v) is 12.2. The molecule has 98 valence electrons. The lowest BCUT2D eigenvalue weighted by Crippen LogP contribution is -2.25. The summed E-state index contributed by atoms with van der Waals surface area (Å²) >= 11 is 0. The van der Waals surface area contributed by atoms with E-state index in [1.807, 2.05) is 0 Å². The van der Waals surface area contributed by atoms with Gasteiger partial charge in [0.2, 0.25) is 0 Å². The predicted molar refractivity (Wildman–Crippen MR) is 76.3 cm³/mol. The van der Waals surface area contributed by atoms with Crippen molar-refractivity contribution in [3.63, 3.8) is 0 Å². The van der Waals surface area contributed by atoms with Gasteiger partial charge in [-0.3, -0.25) is 0 Å². The van der Waals surface area contributed by atoms with E-state index in [0.717, 1.165) is 13.1 Å². The predicted octanol–water partition coefficient (Wildman–Crippen LogP) is 3.50. The average Bonchev–Trinajstić information content (AvgIpc) is 2.26. The summed E-state index contributed by atoms with van der Waals surface area (Å²) in [6.45, 7) is 12.2. The van der Waals surface area contributed by atoms with Crippen LogP contribution < -0.4 is 5.32 Å². The first-order valence-electron chi connectivity index (χ1n) is 6.62. The van der Waals surface area contributed by atoms with Crippen molar-refractivity contribution in [2.45, 2.75) is 41.2 Å². The van der Waals surface area contributed by atoms with Crippen molar-refractivity contribution in [1.29, 1.82) is 5.26 Å². The number of nitrogens with zero attached hydrogens (tertiary/aromatic N) is 1. The molecule has 1 aromatic carbocycles. The Hall–Kier alpha value is -1.33. The second kappa shape index (κ2) is 6.56. The van der Waals surface area contributed by atoms with E-state index in [4.69, 9.17) is 5.26 Å². The highest BCUT2D eigenvalue weighted by Gasteiger charge is 2.12. The van der Waals surface area contributed by atoms with Gasteiger partial charge in [0.25, 0.3) is 0 Å². The Labute approximate surface area is 111 Å². The van der Waals surface area contributed by atoms with Gasteiger partial charge in [-0.2, -0.15) is 5.26 Å². The van der Waals surface area contributed by atoms with Crippen LogP contribution in [0.15, 0.2) is 12.1 Å². The Kier molecular flexibility index (Phi) is 5.37. The average molecular weight is 244 g/mol. The number of rotatable bonds is 5. The molecule has 0 saturated carbocycles. The molecule has 0 bridgehead atoms. The standard InChI is InChI=1S/C16H24N2/c1-11(2)15(8-17)9-18-10-16-13(4)6-12(3)7-14(16)5/h6-7,11,15,18H,9-10H2,1-5H3. The summed E-state index contributed by atoms with van der Waals surface area (Å²) in [6, 6.07) is 6.80. The summed E-state index contributed by atoms with van der Waals surface area (Å²) in [5, 5.41) is 12.5. The largest absolute Gasteiger partial charge is 0.311 e. The SMILES string of the molecule is Cc1cc(C)c(CNCC(C#N)C(C)C)c(C)c1. The summed E-state index contributed by atoms with van der Waals surface area (Å²) in [4.78, 5) is 0. The van der Waals surface area contributed by atoms with Crippen LogP contribution in [0.5, 0.6) is 0 Å². The van der Waals surface area contributed by atoms with E-state index >= 15 is 0 Å². The number of aryl methyl sites for hydroxylation is 3. The molecule has 0 heterocycles. The fourth-order valence-electron chi connectivity index (χ4n) is 2.27. The molecule has 1 atom stereocenters. The molecule has 1 N–H and O–H groups in total. The van der Waals surface area contributed by atoms with Crippen molar-refractivity contribution in [1.82, 2.24) is 5.32 Å². The third kappa shape index (κ3) is 3.85. The van der Waals surface area contributed by atoms with Crippen LogP contribution in [-0.2, 0) is 6.54 Å². The quantitative estimate of drug-likeness (QED) is 0.860. The fraction of sp³-hybridized carbons (Fsp3) is 0.562. The van der Waals surface area contributed by atoms with Crippen molar-refractivity contribution in [2.24, 2.45) is 11.8 Å². The maximum atomic E-state index is 9.05. The highest BCUT2D eigenvalue weighted by atomic mass is 14.9. The van der Waals surface area contributed by atoms with Crippen molar-refractivity contribution in [3.05, 3.63) is 34.4 Å². The second-order valence-corrected chi connectivity index (χ2v) is 5.49. The Bertz CT molecular complexity index is 418. The Morgan fingerprint density at radius 3 is 2.17 bits per heavy atom. The number of nitriles is 1. The summed E-state index contributed by atoms with van der Waals surface area (Å²) in [6.07, 6.45) is 0. The highest BCUT2D eigenvalue weighted by molar-refractivity contribution is 5.37. The number of nitrogens with one attached hydrogen (secondary N) is 1. The van der Waals surface area contributed by atoms with Gasteiger partial charge < -0.3 is 5.32 Å². The summed E-state index contributed by atoms with van der Waals surface area (Å²) < 4.78 is 0. The Morgan fingerprint density at radius 1 is 1.17 bits per heavy atom. The zero-order chi connectivity index (χ0) is 13.7. The monoisotopic (exact) mass is 244 g/mol. The van der Waals surface area contributed by atoms with E-state index in [-0.39, 0.29) is 5.92 Å². The lowest BCUT2D eigenvalue weighted by atomic mass is 9.96. The van der Waals surface area contributed by atoms with Crippen molar-refractivity contribution >= 4 is 0 Å². The van der Waals surface area contributed by atoms with Crippen LogP contribution in [0.25, 0.3) is 0 Å². The highest BCUT2D eigenvalue weighted by Crippen LogP contribution is 2.16. The maximum absolute atomic E-state index is 9.05. The molecule has 1 aromatic rings. The molecule has 18 heavy (non-hydrogen) atoms. The lowest BCUT2D eigenvalue weighted by molar-refractivity contribution is 0.441. The van der Waals surface area contributed by atoms with Crippen LogP contribution >= 0.6 is 0 Å². The molecule has 0 spiro atoms. The van der Waals surface area contributed by atoms with Crippen LogP contribution in [0.2, 0.25) is 0 Å². The van der Waals surface area contributed by atoms with E-state index < -0.39 is 0 Å². The summed E-state index contributed by atoms with van der Waals surface area (Å²) in [7, 11) is 0. The van der Waals surface area contributed by atoms with Gasteiger partial charge in [0, 0.05) is 13.1 Å². The van der Waals surface area contributed by atoms with E-state index in [9.17, 15) is 0 Å². The number of hydrogen-bond donors (Lipinski definition) is 1. The van der Waals surface area contributed by atoms with Gasteiger partial charge in [0.1, 0.15) is 0 Å². The van der Waals surface area contributed by atoms with Gasteiger partial charge in [0.05, 0.1) is 12.0 Å². The van der Waals surface area contributed by atoms with Crippen LogP contribution in [0, 0.1) is 43.9 Å². The Balaban J connectivity index is 2.62. The first kappa shape index (κ1) is 14.7. The van der Waals surface area contributed by atoms with Crippen LogP contribution in [0.4, 0.5) is 0 Å². The molecular formula is C16H24N2. The molecule has 0 aromatic heterocycles. The van der Waals surface area contributed by atoms with Gasteiger partial charge in [-0.15, -0.1) is 0 Å². The van der Waals surface area contributed by atoms with Gasteiger partial charge in [-0.05, 0) is 43.4 Å². The first-order chi connectivity index (χ1) is 8.45. The summed E-state index contributed by atoms with van der Waals surface area (Å²) in [5.74, 6) is 0.499. The second-order valence-electron chi connectivity index (χ2n) is 5.49. The smallest absolute Gasteiger partial charge is 0.0671 e. The van der Waals surface area contributed by atoms with Crippen molar-refractivity contribution in [3.8, 4) is 6.07 Å². The molecule has 0 aliphatic heterocycles. The van der Waals surface area contributed by atoms with Gasteiger partial charge in [-0.25, -0.2) is 0 Å². The van der Waals surface area contributed by atoms with Crippen molar-refractivity contribution in [2.75, 3.05) is 6.54 Å². The minimum Gasteiger partial charge on any atom is -0.311 e. The van der Waals surface area contributed by atoms with Gasteiger partial charge in [0.15, 0.2) is 0 Å². The summed E-state index contributed by atoms with van der Waals surface area (Å²) in [5.41, 5.74) is 5.34. The van der Waals surface area contributed by atoms with Crippen LogP contribution in [0.1, 0.15) is 36.1 Å². The molecule has 1 unspecified atom stereocenters. The van der Waals surface area contributed by atoms with Crippen molar-refractivity contribution < 1.29 is 0 Å². The van der Waals surface area contributed by atoms with Gasteiger partial charge in [-0.1, -0.05) is 31.5 Å². The first-order valence-corrected chi connectivity index (χ1v) is 6.62. The molecule has 0 fully saturated rings. The normalized spacial score (nSPS) is 12.5. The molecular weight excluding hydrogens is 220 g/mol. The number of benzene rings is 1. The molecule has 0 saturated heterocycles. The molecule has 0 amide bonds. The van der Waals surface area contributed by atoms with E-state index in [0.29, 0.717) is 5.92 Å². The van der Waals surface area contributed by atoms with Crippen LogP contribution in [0.3, 0.4) is 0 Å². The molecule has 2 nitrogen and oxygen atoms in total. The molecule has 0 aliphatic carbocycles. The zero-order valence-electron chi connectivity index (χ0n) is 12.2. The third-order valence-electron chi connectivity index (χ3n) is 3.48. The van der Waals surface area contributed by atoms with Gasteiger partial charge >= 0.3 is 0 Å². The maximum Gasteiger partial charge on any atom is 0.0671 e. The lowest BCUT2D eigenvalue weighted by Gasteiger charge is -2.16. The fourth-order valence-corrected chi connectivity index (χ4v) is 2.27. The minimum atomic E-state index is 0.0936. The van der Waals surface area contributed by atoms with E-state index in [2.05, 4.69) is 58.1 Å². The molecule has 0 aliphatic rings. The Morgan fingerprint density at radius 2 is 1.72 bits per heavy atom. The number of hydrogen-bond acceptors (Lipinski definition) is 2. The third-order valence-corrected chi connectivity index (χ3v) is 3.48.